The SMILES string of the molecule is O=C(CNc1ccccc1)c1cccn1Cc1ccccc1F. The maximum Gasteiger partial charge on any atom is 0.198 e. The van der Waals surface area contributed by atoms with Crippen LogP contribution in [0.1, 0.15) is 16.1 Å². The Morgan fingerprint density at radius 1 is 0.957 bits per heavy atom. The number of ketones is 1. The molecular formula is C19H17FN2O. The van der Waals surface area contributed by atoms with Crippen molar-refractivity contribution in [1.82, 2.24) is 4.57 Å². The summed E-state index contributed by atoms with van der Waals surface area (Å²) >= 11 is 0. The normalized spacial score (nSPS) is 10.5. The fourth-order valence-corrected chi connectivity index (χ4v) is 2.44. The van der Waals surface area contributed by atoms with Crippen molar-refractivity contribution < 1.29 is 9.18 Å². The monoisotopic (exact) mass is 308 g/mol. The Bertz CT molecular complexity index is 796. The zero-order valence-electron chi connectivity index (χ0n) is 12.6. The number of nitrogens with zero attached hydrogens (tertiary/aromatic N) is 1. The van der Waals surface area contributed by atoms with E-state index in [2.05, 4.69) is 5.32 Å². The number of carbonyl (C=O) groups is 1. The van der Waals surface area contributed by atoms with E-state index < -0.39 is 0 Å². The number of carbonyl (C=O) groups excluding carboxylic acids is 1. The highest BCUT2D eigenvalue weighted by atomic mass is 19.1. The van der Waals surface area contributed by atoms with Crippen LogP contribution >= 0.6 is 0 Å². The van der Waals surface area contributed by atoms with E-state index in [-0.39, 0.29) is 18.1 Å². The Balaban J connectivity index is 1.70. The van der Waals surface area contributed by atoms with Gasteiger partial charge in [-0.3, -0.25) is 4.79 Å². The first-order chi connectivity index (χ1) is 11.2. The molecule has 1 N–H and O–H groups in total. The molecule has 0 saturated heterocycles. The molecule has 1 aromatic heterocycles. The second-order valence-electron chi connectivity index (χ2n) is 5.26. The van der Waals surface area contributed by atoms with Crippen molar-refractivity contribution in [2.75, 3.05) is 11.9 Å². The first-order valence-electron chi connectivity index (χ1n) is 7.45. The minimum atomic E-state index is -0.262. The zero-order valence-corrected chi connectivity index (χ0v) is 12.6. The van der Waals surface area contributed by atoms with Gasteiger partial charge in [0.2, 0.25) is 0 Å². The van der Waals surface area contributed by atoms with Gasteiger partial charge in [0.1, 0.15) is 5.82 Å². The summed E-state index contributed by atoms with van der Waals surface area (Å²) in [6.45, 7) is 0.539. The van der Waals surface area contributed by atoms with E-state index in [4.69, 9.17) is 0 Å². The maximum atomic E-state index is 13.8. The van der Waals surface area contributed by atoms with Crippen molar-refractivity contribution in [2.24, 2.45) is 0 Å². The lowest BCUT2D eigenvalue weighted by molar-refractivity contribution is 0.0997. The molecule has 23 heavy (non-hydrogen) atoms. The Morgan fingerprint density at radius 3 is 2.48 bits per heavy atom. The van der Waals surface area contributed by atoms with Crippen LogP contribution in [0.2, 0.25) is 0 Å². The van der Waals surface area contributed by atoms with E-state index in [1.807, 2.05) is 30.3 Å². The van der Waals surface area contributed by atoms with Crippen LogP contribution in [0.15, 0.2) is 72.9 Å². The van der Waals surface area contributed by atoms with Crippen LogP contribution in [0, 0.1) is 5.82 Å². The lowest BCUT2D eigenvalue weighted by Gasteiger charge is -2.10. The molecule has 3 rings (SSSR count). The Morgan fingerprint density at radius 2 is 1.70 bits per heavy atom. The minimum absolute atomic E-state index is 0.0322. The Hall–Kier alpha value is -2.88. The molecule has 3 nitrogen and oxygen atoms in total. The molecule has 0 aliphatic rings. The number of Topliss-reactive ketones (excluding diaryl/α,β-unsaturated/α-hetero) is 1. The molecule has 116 valence electrons. The van der Waals surface area contributed by atoms with Gasteiger partial charge >= 0.3 is 0 Å². The number of halogens is 1. The summed E-state index contributed by atoms with van der Waals surface area (Å²) in [7, 11) is 0. The lowest BCUT2D eigenvalue weighted by atomic mass is 10.2. The molecule has 4 heteroatoms. The van der Waals surface area contributed by atoms with Crippen LogP contribution in [0.4, 0.5) is 10.1 Å². The summed E-state index contributed by atoms with van der Waals surface area (Å²) in [4.78, 5) is 12.4. The van der Waals surface area contributed by atoms with Crippen molar-refractivity contribution in [2.45, 2.75) is 6.54 Å². The van der Waals surface area contributed by atoms with E-state index in [1.54, 1.807) is 41.1 Å². The number of benzene rings is 2. The Kier molecular flexibility index (Phi) is 4.52. The van der Waals surface area contributed by atoms with Gasteiger partial charge in [0.05, 0.1) is 18.8 Å². The van der Waals surface area contributed by atoms with Gasteiger partial charge in [0.15, 0.2) is 5.78 Å². The quantitative estimate of drug-likeness (QED) is 0.699. The zero-order chi connectivity index (χ0) is 16.1. The summed E-state index contributed by atoms with van der Waals surface area (Å²) in [5.41, 5.74) is 2.03. The molecular weight excluding hydrogens is 291 g/mol. The predicted molar refractivity (Wildman–Crippen MR) is 89.2 cm³/mol. The molecule has 0 aliphatic carbocycles. The van der Waals surface area contributed by atoms with E-state index in [9.17, 15) is 9.18 Å². The van der Waals surface area contributed by atoms with Gasteiger partial charge < -0.3 is 9.88 Å². The van der Waals surface area contributed by atoms with Gasteiger partial charge in [-0.05, 0) is 30.3 Å². The van der Waals surface area contributed by atoms with Gasteiger partial charge in [-0.15, -0.1) is 0 Å². The third-order valence-electron chi connectivity index (χ3n) is 3.64. The molecule has 0 radical (unpaired) electrons. The van der Waals surface area contributed by atoms with Gasteiger partial charge in [-0.2, -0.15) is 0 Å². The third-order valence-corrected chi connectivity index (χ3v) is 3.64. The average molecular weight is 308 g/mol. The number of hydrogen-bond donors (Lipinski definition) is 1. The number of anilines is 1. The van der Waals surface area contributed by atoms with Crippen molar-refractivity contribution in [3.8, 4) is 0 Å². The highest BCUT2D eigenvalue weighted by Gasteiger charge is 2.12. The van der Waals surface area contributed by atoms with Crippen LogP contribution in [0.3, 0.4) is 0 Å². The van der Waals surface area contributed by atoms with Crippen LogP contribution in [0.5, 0.6) is 0 Å². The molecule has 0 bridgehead atoms. The second kappa shape index (κ2) is 6.92. The molecule has 0 amide bonds. The standard InChI is InChI=1S/C19H17FN2O/c20-17-10-5-4-7-15(17)14-22-12-6-11-18(22)19(23)13-21-16-8-2-1-3-9-16/h1-12,21H,13-14H2. The molecule has 0 fully saturated rings. The fraction of sp³-hybridized carbons (Fsp3) is 0.105. The number of para-hydroxylation sites is 1. The van der Waals surface area contributed by atoms with E-state index >= 15 is 0 Å². The molecule has 1 heterocycles. The second-order valence-corrected chi connectivity index (χ2v) is 5.26. The van der Waals surface area contributed by atoms with Crippen LogP contribution in [-0.2, 0) is 6.54 Å². The predicted octanol–water partition coefficient (Wildman–Crippen LogP) is 3.97. The van der Waals surface area contributed by atoms with E-state index in [0.29, 0.717) is 17.8 Å². The Labute approximate surface area is 134 Å². The van der Waals surface area contributed by atoms with E-state index in [1.165, 1.54) is 6.07 Å². The van der Waals surface area contributed by atoms with Gasteiger partial charge in [-0.1, -0.05) is 36.4 Å². The molecule has 3 aromatic rings. The number of nitrogens with one attached hydrogen (secondary N) is 1. The van der Waals surface area contributed by atoms with Crippen LogP contribution in [0.25, 0.3) is 0 Å². The van der Waals surface area contributed by atoms with Gasteiger partial charge in [-0.25, -0.2) is 4.39 Å². The van der Waals surface area contributed by atoms with Crippen LogP contribution in [-0.4, -0.2) is 16.9 Å². The van der Waals surface area contributed by atoms with Crippen molar-refractivity contribution in [1.29, 1.82) is 0 Å². The number of hydrogen-bond acceptors (Lipinski definition) is 2. The average Bonchev–Trinajstić information content (AvgIpc) is 3.04. The minimum Gasteiger partial charge on any atom is -0.378 e. The van der Waals surface area contributed by atoms with E-state index in [0.717, 1.165) is 5.69 Å². The molecule has 0 atom stereocenters. The summed E-state index contributed by atoms with van der Waals surface area (Å²) in [5, 5.41) is 3.10. The highest BCUT2D eigenvalue weighted by Crippen LogP contribution is 2.12. The molecule has 0 spiro atoms. The highest BCUT2D eigenvalue weighted by molar-refractivity contribution is 5.97. The van der Waals surface area contributed by atoms with Gasteiger partial charge in [0.25, 0.3) is 0 Å². The summed E-state index contributed by atoms with van der Waals surface area (Å²) < 4.78 is 15.5. The molecule has 2 aromatic carbocycles. The summed E-state index contributed by atoms with van der Waals surface area (Å²) in [6.07, 6.45) is 1.79. The topological polar surface area (TPSA) is 34.0 Å². The first-order valence-corrected chi connectivity index (χ1v) is 7.45. The maximum absolute atomic E-state index is 13.8. The summed E-state index contributed by atoms with van der Waals surface area (Å²) in [6, 6.07) is 19.7. The van der Waals surface area contributed by atoms with Crippen molar-refractivity contribution in [3.63, 3.8) is 0 Å². The van der Waals surface area contributed by atoms with Gasteiger partial charge in [0, 0.05) is 17.4 Å². The fourth-order valence-electron chi connectivity index (χ4n) is 2.44. The number of aromatic nitrogens is 1. The first kappa shape index (κ1) is 15.0. The van der Waals surface area contributed by atoms with Crippen molar-refractivity contribution >= 4 is 11.5 Å². The summed E-state index contributed by atoms with van der Waals surface area (Å²) in [5.74, 6) is -0.294. The smallest absolute Gasteiger partial charge is 0.198 e. The molecule has 0 saturated carbocycles. The lowest BCUT2D eigenvalue weighted by Crippen LogP contribution is -2.18. The molecule has 0 aliphatic heterocycles. The third kappa shape index (κ3) is 3.66. The number of rotatable bonds is 6. The van der Waals surface area contributed by atoms with Crippen LogP contribution < -0.4 is 5.32 Å². The molecule has 0 unspecified atom stereocenters. The van der Waals surface area contributed by atoms with Crippen molar-refractivity contribution in [3.05, 3.63) is 90.0 Å². The largest absolute Gasteiger partial charge is 0.378 e.